The van der Waals surface area contributed by atoms with Crippen molar-refractivity contribution in [3.63, 3.8) is 0 Å². The van der Waals surface area contributed by atoms with Gasteiger partial charge < -0.3 is 15.7 Å². The summed E-state index contributed by atoms with van der Waals surface area (Å²) >= 11 is 0. The van der Waals surface area contributed by atoms with Crippen LogP contribution >= 0.6 is 0 Å². The summed E-state index contributed by atoms with van der Waals surface area (Å²) in [6.45, 7) is 0.766. The van der Waals surface area contributed by atoms with Crippen molar-refractivity contribution in [2.24, 2.45) is 17.3 Å². The third-order valence-electron chi connectivity index (χ3n) is 4.65. The van der Waals surface area contributed by atoms with Crippen LogP contribution in [0.5, 0.6) is 0 Å². The molecule has 104 valence electrons. The lowest BCUT2D eigenvalue weighted by Crippen LogP contribution is -2.43. The van der Waals surface area contributed by atoms with E-state index in [9.17, 15) is 9.59 Å². The van der Waals surface area contributed by atoms with Gasteiger partial charge in [-0.15, -0.1) is 0 Å². The summed E-state index contributed by atoms with van der Waals surface area (Å²) in [6, 6.07) is -0.329. The maximum absolute atomic E-state index is 11.8. The number of aliphatic carboxylic acids is 1. The maximum Gasteiger partial charge on any atom is 0.315 e. The number of nitrogens with one attached hydrogen (secondary N) is 2. The number of carboxylic acid groups (broad SMARTS) is 1. The lowest BCUT2D eigenvalue weighted by atomic mass is 10.0. The molecule has 2 atom stereocenters. The van der Waals surface area contributed by atoms with Crippen LogP contribution in [-0.2, 0) is 4.79 Å². The molecule has 0 spiro atoms. The molecule has 5 heteroatoms. The van der Waals surface area contributed by atoms with E-state index in [1.165, 1.54) is 25.7 Å². The van der Waals surface area contributed by atoms with E-state index in [4.69, 9.17) is 5.11 Å². The summed E-state index contributed by atoms with van der Waals surface area (Å²) in [6.07, 6.45) is 8.98. The normalized spacial score (nSPS) is 30.9. The molecule has 2 fully saturated rings. The Labute approximate surface area is 112 Å². The Hall–Kier alpha value is -1.52. The van der Waals surface area contributed by atoms with Crippen LogP contribution in [0.15, 0.2) is 12.2 Å². The topological polar surface area (TPSA) is 78.4 Å². The first kappa shape index (κ1) is 12.5. The van der Waals surface area contributed by atoms with E-state index in [-0.39, 0.29) is 12.1 Å². The molecule has 0 radical (unpaired) electrons. The average Bonchev–Trinajstić information content (AvgIpc) is 3.26. The van der Waals surface area contributed by atoms with E-state index in [2.05, 4.69) is 10.6 Å². The van der Waals surface area contributed by atoms with Gasteiger partial charge in [-0.3, -0.25) is 4.79 Å². The molecule has 0 saturated heterocycles. The minimum absolute atomic E-state index is 0.155. The summed E-state index contributed by atoms with van der Waals surface area (Å²) < 4.78 is 0. The van der Waals surface area contributed by atoms with Crippen molar-refractivity contribution in [3.05, 3.63) is 12.2 Å². The van der Waals surface area contributed by atoms with Crippen LogP contribution in [0, 0.1) is 17.3 Å². The SMILES string of the molecule is O=C(NCC1(C2CC2)CC1)NC1C=CC(C(=O)O)C1. The zero-order chi connectivity index (χ0) is 13.5. The Morgan fingerprint density at radius 3 is 2.53 bits per heavy atom. The summed E-state index contributed by atoms with van der Waals surface area (Å²) in [5, 5.41) is 14.6. The molecule has 0 bridgehead atoms. The van der Waals surface area contributed by atoms with Gasteiger partial charge in [-0.05, 0) is 43.4 Å². The first-order valence-corrected chi connectivity index (χ1v) is 7.05. The fraction of sp³-hybridized carbons (Fsp3) is 0.714. The molecular formula is C14H20N2O3. The molecule has 3 aliphatic carbocycles. The van der Waals surface area contributed by atoms with Crippen LogP contribution in [0.2, 0.25) is 0 Å². The van der Waals surface area contributed by atoms with E-state index in [1.54, 1.807) is 12.2 Å². The second kappa shape index (κ2) is 4.54. The van der Waals surface area contributed by atoms with Crippen molar-refractivity contribution in [2.45, 2.75) is 38.1 Å². The number of carbonyl (C=O) groups excluding carboxylic acids is 1. The standard InChI is InChI=1S/C14H20N2O3/c17-12(18)9-1-4-11(7-9)16-13(19)15-8-14(5-6-14)10-2-3-10/h1,4,9-11H,2-3,5-8H2,(H,17,18)(H2,15,16,19). The Bertz CT molecular complexity index is 424. The highest BCUT2D eigenvalue weighted by molar-refractivity contribution is 5.76. The van der Waals surface area contributed by atoms with E-state index >= 15 is 0 Å². The first-order chi connectivity index (χ1) is 9.09. The Kier molecular flexibility index (Phi) is 2.99. The summed E-state index contributed by atoms with van der Waals surface area (Å²) in [5.74, 6) is -0.464. The summed E-state index contributed by atoms with van der Waals surface area (Å²) in [7, 11) is 0. The molecule has 3 rings (SSSR count). The zero-order valence-corrected chi connectivity index (χ0v) is 10.9. The predicted octanol–water partition coefficient (Wildman–Crippen LogP) is 1.51. The minimum Gasteiger partial charge on any atom is -0.481 e. The molecule has 3 aliphatic rings. The molecule has 0 aromatic heterocycles. The zero-order valence-electron chi connectivity index (χ0n) is 10.9. The van der Waals surface area contributed by atoms with Gasteiger partial charge in [0.1, 0.15) is 0 Å². The molecule has 2 unspecified atom stereocenters. The van der Waals surface area contributed by atoms with Gasteiger partial charge >= 0.3 is 12.0 Å². The van der Waals surface area contributed by atoms with E-state index in [0.717, 1.165) is 12.5 Å². The monoisotopic (exact) mass is 264 g/mol. The van der Waals surface area contributed by atoms with E-state index in [0.29, 0.717) is 11.8 Å². The minimum atomic E-state index is -0.827. The Morgan fingerprint density at radius 1 is 1.26 bits per heavy atom. The number of carboxylic acids is 1. The van der Waals surface area contributed by atoms with Crippen molar-refractivity contribution >= 4 is 12.0 Å². The van der Waals surface area contributed by atoms with Crippen molar-refractivity contribution in [1.82, 2.24) is 10.6 Å². The number of hydrogen-bond acceptors (Lipinski definition) is 2. The van der Waals surface area contributed by atoms with E-state index in [1.807, 2.05) is 0 Å². The van der Waals surface area contributed by atoms with Crippen molar-refractivity contribution in [1.29, 1.82) is 0 Å². The second-order valence-corrected chi connectivity index (χ2v) is 6.14. The number of rotatable bonds is 5. The molecule has 2 saturated carbocycles. The second-order valence-electron chi connectivity index (χ2n) is 6.14. The van der Waals surface area contributed by atoms with Crippen molar-refractivity contribution in [2.75, 3.05) is 6.54 Å². The van der Waals surface area contributed by atoms with Gasteiger partial charge in [-0.1, -0.05) is 12.2 Å². The molecule has 2 amide bonds. The molecule has 0 aromatic carbocycles. The lowest BCUT2D eigenvalue weighted by molar-refractivity contribution is -0.140. The van der Waals surface area contributed by atoms with Gasteiger partial charge in [0.15, 0.2) is 0 Å². The smallest absolute Gasteiger partial charge is 0.315 e. The largest absolute Gasteiger partial charge is 0.481 e. The molecule has 19 heavy (non-hydrogen) atoms. The van der Waals surface area contributed by atoms with E-state index < -0.39 is 11.9 Å². The molecular weight excluding hydrogens is 244 g/mol. The van der Waals surface area contributed by atoms with Crippen LogP contribution < -0.4 is 10.6 Å². The number of carbonyl (C=O) groups is 2. The average molecular weight is 264 g/mol. The molecule has 5 nitrogen and oxygen atoms in total. The van der Waals surface area contributed by atoms with Gasteiger partial charge in [0.05, 0.1) is 12.0 Å². The van der Waals surface area contributed by atoms with Crippen LogP contribution in [0.25, 0.3) is 0 Å². The highest BCUT2D eigenvalue weighted by atomic mass is 16.4. The predicted molar refractivity (Wildman–Crippen MR) is 69.6 cm³/mol. The van der Waals surface area contributed by atoms with Crippen molar-refractivity contribution < 1.29 is 14.7 Å². The highest BCUT2D eigenvalue weighted by Crippen LogP contribution is 2.60. The third kappa shape index (κ3) is 2.74. The molecule has 0 aromatic rings. The molecule has 0 aliphatic heterocycles. The lowest BCUT2D eigenvalue weighted by Gasteiger charge is -2.17. The van der Waals surface area contributed by atoms with Crippen molar-refractivity contribution in [3.8, 4) is 0 Å². The van der Waals surface area contributed by atoms with Crippen LogP contribution in [0.3, 0.4) is 0 Å². The molecule has 0 heterocycles. The van der Waals surface area contributed by atoms with Crippen LogP contribution in [0.1, 0.15) is 32.1 Å². The number of urea groups is 1. The fourth-order valence-electron chi connectivity index (χ4n) is 3.05. The highest BCUT2D eigenvalue weighted by Gasteiger charge is 2.53. The van der Waals surface area contributed by atoms with Gasteiger partial charge in [0, 0.05) is 6.54 Å². The van der Waals surface area contributed by atoms with Crippen LogP contribution in [-0.4, -0.2) is 29.7 Å². The van der Waals surface area contributed by atoms with Gasteiger partial charge in [-0.25, -0.2) is 4.79 Å². The summed E-state index contributed by atoms with van der Waals surface area (Å²) in [4.78, 5) is 22.6. The Morgan fingerprint density at radius 2 is 2.00 bits per heavy atom. The summed E-state index contributed by atoms with van der Waals surface area (Å²) in [5.41, 5.74) is 0.395. The maximum atomic E-state index is 11.8. The quantitative estimate of drug-likeness (QED) is 0.658. The first-order valence-electron chi connectivity index (χ1n) is 7.05. The van der Waals surface area contributed by atoms with Gasteiger partial charge in [-0.2, -0.15) is 0 Å². The fourth-order valence-corrected chi connectivity index (χ4v) is 3.05. The van der Waals surface area contributed by atoms with Gasteiger partial charge in [0.2, 0.25) is 0 Å². The molecule has 3 N–H and O–H groups in total. The third-order valence-corrected chi connectivity index (χ3v) is 4.65. The number of hydrogen-bond donors (Lipinski definition) is 3. The van der Waals surface area contributed by atoms with Crippen LogP contribution in [0.4, 0.5) is 4.79 Å². The van der Waals surface area contributed by atoms with Gasteiger partial charge in [0.25, 0.3) is 0 Å². The Balaban J connectivity index is 1.40. The number of amides is 2.